The molecule has 2 fully saturated rings. The van der Waals surface area contributed by atoms with Crippen LogP contribution in [0.5, 0.6) is 0 Å². The Morgan fingerprint density at radius 1 is 0.660 bits per heavy atom. The first-order valence-electron chi connectivity index (χ1n) is 20.4. The third-order valence-corrected chi connectivity index (χ3v) is 10.2. The fraction of sp³-hybridized carbons (Fsp3) is 0.923. The standard InChI is InChI=1S/C39H73NO13/c1-3-5-7-9-11-13-14-15-17-19-21-23-31(44)40-27(28(43)22-20-18-16-12-10-8-6-4-2)26-50-38-36(49)34(47)37(30(25-42)52-38)53-39-35(48)33(46)32(45)29(24-41)51-39/h20,22,27-30,32-39,41-43,45-49H,3-19,21,23-26H2,1-2H3,(H,40,44)/b22-20+. The normalized spacial score (nSPS) is 30.5. The molecule has 0 aromatic rings. The van der Waals surface area contributed by atoms with E-state index in [1.54, 1.807) is 6.08 Å². The number of carbonyl (C=O) groups is 1. The number of hydrogen-bond acceptors (Lipinski definition) is 13. The van der Waals surface area contributed by atoms with E-state index in [1.807, 2.05) is 6.08 Å². The van der Waals surface area contributed by atoms with Crippen molar-refractivity contribution in [2.24, 2.45) is 0 Å². The minimum absolute atomic E-state index is 0.246. The lowest BCUT2D eigenvalue weighted by Gasteiger charge is -2.46. The summed E-state index contributed by atoms with van der Waals surface area (Å²) in [6.45, 7) is 2.68. The molecule has 12 unspecified atom stereocenters. The fourth-order valence-electron chi connectivity index (χ4n) is 6.76. The van der Waals surface area contributed by atoms with Gasteiger partial charge >= 0.3 is 0 Å². The van der Waals surface area contributed by atoms with Crippen LogP contribution in [0.15, 0.2) is 12.2 Å². The summed E-state index contributed by atoms with van der Waals surface area (Å²) < 4.78 is 22.5. The maximum atomic E-state index is 13.0. The van der Waals surface area contributed by atoms with Gasteiger partial charge in [0.2, 0.25) is 5.91 Å². The summed E-state index contributed by atoms with van der Waals surface area (Å²) in [4.78, 5) is 13.0. The number of unbranched alkanes of at least 4 members (excludes halogenated alkanes) is 16. The van der Waals surface area contributed by atoms with Crippen LogP contribution in [-0.2, 0) is 23.7 Å². The SMILES string of the molecule is CCCCCCCC/C=C/C(O)C(COC1OC(CO)C(OC2OC(CO)C(O)C(O)C2O)C(O)C1O)NC(=O)CCCCCCCCCCCCC. The Hall–Kier alpha value is -1.27. The van der Waals surface area contributed by atoms with Gasteiger partial charge in [-0.2, -0.15) is 0 Å². The molecule has 2 saturated heterocycles. The number of nitrogens with one attached hydrogen (secondary N) is 1. The van der Waals surface area contributed by atoms with Crippen LogP contribution in [0.1, 0.15) is 136 Å². The third-order valence-electron chi connectivity index (χ3n) is 10.2. The van der Waals surface area contributed by atoms with Crippen LogP contribution in [-0.4, -0.2) is 140 Å². The molecule has 0 radical (unpaired) electrons. The molecule has 0 aromatic carbocycles. The van der Waals surface area contributed by atoms with Crippen molar-refractivity contribution in [1.29, 1.82) is 0 Å². The van der Waals surface area contributed by atoms with Crippen LogP contribution >= 0.6 is 0 Å². The number of hydrogen-bond donors (Lipinski definition) is 9. The minimum Gasteiger partial charge on any atom is -0.394 e. The van der Waals surface area contributed by atoms with Crippen LogP contribution in [0.4, 0.5) is 0 Å². The van der Waals surface area contributed by atoms with Gasteiger partial charge in [-0.3, -0.25) is 4.79 Å². The van der Waals surface area contributed by atoms with Crippen LogP contribution < -0.4 is 5.32 Å². The monoisotopic (exact) mass is 764 g/mol. The van der Waals surface area contributed by atoms with E-state index in [1.165, 1.54) is 64.2 Å². The maximum absolute atomic E-state index is 13.0. The van der Waals surface area contributed by atoms with E-state index in [0.717, 1.165) is 44.9 Å². The Kier molecular flexibility index (Phi) is 25.5. The van der Waals surface area contributed by atoms with E-state index in [0.29, 0.717) is 6.42 Å². The van der Waals surface area contributed by atoms with Crippen LogP contribution in [0, 0.1) is 0 Å². The molecule has 9 N–H and O–H groups in total. The zero-order chi connectivity index (χ0) is 39.0. The maximum Gasteiger partial charge on any atom is 0.220 e. The molecule has 2 aliphatic heterocycles. The molecule has 0 saturated carbocycles. The molecule has 2 rings (SSSR count). The van der Waals surface area contributed by atoms with E-state index in [9.17, 15) is 45.6 Å². The Labute approximate surface area is 316 Å². The van der Waals surface area contributed by atoms with Gasteiger partial charge in [0, 0.05) is 6.42 Å². The summed E-state index contributed by atoms with van der Waals surface area (Å²) in [6.07, 6.45) is 7.19. The van der Waals surface area contributed by atoms with Gasteiger partial charge in [-0.05, 0) is 19.3 Å². The number of amides is 1. The number of aliphatic hydroxyl groups is 8. The topological polar surface area (TPSA) is 228 Å². The number of ether oxygens (including phenoxy) is 4. The molecular weight excluding hydrogens is 690 g/mol. The first kappa shape index (κ1) is 47.9. The lowest BCUT2D eigenvalue weighted by atomic mass is 9.97. The van der Waals surface area contributed by atoms with Crippen LogP contribution in [0.25, 0.3) is 0 Å². The first-order chi connectivity index (χ1) is 25.6. The second-order valence-electron chi connectivity index (χ2n) is 14.8. The van der Waals surface area contributed by atoms with Gasteiger partial charge in [-0.15, -0.1) is 0 Å². The van der Waals surface area contributed by atoms with E-state index >= 15 is 0 Å². The van der Waals surface area contributed by atoms with Gasteiger partial charge in [0.05, 0.1) is 32.0 Å². The Balaban J connectivity index is 1.95. The predicted molar refractivity (Wildman–Crippen MR) is 199 cm³/mol. The highest BCUT2D eigenvalue weighted by Crippen LogP contribution is 2.29. The summed E-state index contributed by atoms with van der Waals surface area (Å²) in [5.41, 5.74) is 0. The van der Waals surface area contributed by atoms with Gasteiger partial charge in [0.1, 0.15) is 48.8 Å². The Bertz CT molecular complexity index is 956. The van der Waals surface area contributed by atoms with Crippen LogP contribution in [0.3, 0.4) is 0 Å². The summed E-state index contributed by atoms with van der Waals surface area (Å²) in [7, 11) is 0. The highest BCUT2D eigenvalue weighted by molar-refractivity contribution is 5.76. The summed E-state index contributed by atoms with van der Waals surface area (Å²) in [5, 5.41) is 86.0. The van der Waals surface area contributed by atoms with E-state index in [2.05, 4.69) is 19.2 Å². The zero-order valence-corrected chi connectivity index (χ0v) is 32.3. The molecule has 0 aliphatic carbocycles. The van der Waals surface area contributed by atoms with E-state index in [4.69, 9.17) is 18.9 Å². The average molecular weight is 764 g/mol. The molecular formula is C39H73NO13. The lowest BCUT2D eigenvalue weighted by Crippen LogP contribution is -2.65. The summed E-state index contributed by atoms with van der Waals surface area (Å²) >= 11 is 0. The molecule has 14 nitrogen and oxygen atoms in total. The second kappa shape index (κ2) is 28.2. The highest BCUT2D eigenvalue weighted by atomic mass is 16.7. The van der Waals surface area contributed by atoms with Gasteiger partial charge < -0.3 is 65.1 Å². The molecule has 0 aromatic heterocycles. The van der Waals surface area contributed by atoms with Gasteiger partial charge in [-0.25, -0.2) is 0 Å². The Morgan fingerprint density at radius 2 is 1.17 bits per heavy atom. The number of aliphatic hydroxyl groups excluding tert-OH is 8. The third kappa shape index (κ3) is 17.6. The smallest absolute Gasteiger partial charge is 0.220 e. The zero-order valence-electron chi connectivity index (χ0n) is 32.3. The highest BCUT2D eigenvalue weighted by Gasteiger charge is 2.50. The molecule has 2 heterocycles. The van der Waals surface area contributed by atoms with Gasteiger partial charge in [0.25, 0.3) is 0 Å². The molecule has 1 amide bonds. The van der Waals surface area contributed by atoms with Crippen molar-refractivity contribution in [3.63, 3.8) is 0 Å². The molecule has 14 heteroatoms. The van der Waals surface area contributed by atoms with Crippen molar-refractivity contribution in [2.45, 2.75) is 209 Å². The number of rotatable bonds is 29. The van der Waals surface area contributed by atoms with Crippen molar-refractivity contribution < 1.29 is 64.6 Å². The van der Waals surface area contributed by atoms with Gasteiger partial charge in [0.15, 0.2) is 12.6 Å². The predicted octanol–water partition coefficient (Wildman–Crippen LogP) is 2.48. The minimum atomic E-state index is -1.78. The number of carbonyl (C=O) groups excluding carboxylic acids is 1. The van der Waals surface area contributed by atoms with Crippen LogP contribution in [0.2, 0.25) is 0 Å². The molecule has 312 valence electrons. The Morgan fingerprint density at radius 3 is 1.74 bits per heavy atom. The summed E-state index contributed by atoms with van der Waals surface area (Å²) in [6, 6.07) is -0.903. The van der Waals surface area contributed by atoms with Crippen molar-refractivity contribution in [1.82, 2.24) is 5.32 Å². The van der Waals surface area contributed by atoms with Crippen molar-refractivity contribution in [3.8, 4) is 0 Å². The first-order valence-corrected chi connectivity index (χ1v) is 20.4. The van der Waals surface area contributed by atoms with Gasteiger partial charge in [-0.1, -0.05) is 122 Å². The molecule has 0 bridgehead atoms. The molecule has 0 spiro atoms. The second-order valence-corrected chi connectivity index (χ2v) is 14.8. The molecule has 53 heavy (non-hydrogen) atoms. The molecule has 12 atom stereocenters. The summed E-state index contributed by atoms with van der Waals surface area (Å²) in [5.74, 6) is -0.246. The largest absolute Gasteiger partial charge is 0.394 e. The van der Waals surface area contributed by atoms with E-state index < -0.39 is 86.8 Å². The average Bonchev–Trinajstić information content (AvgIpc) is 3.15. The fourth-order valence-corrected chi connectivity index (χ4v) is 6.76. The van der Waals surface area contributed by atoms with Crippen molar-refractivity contribution >= 4 is 5.91 Å². The lowest BCUT2D eigenvalue weighted by molar-refractivity contribution is -0.359. The van der Waals surface area contributed by atoms with Crippen molar-refractivity contribution in [2.75, 3.05) is 19.8 Å². The molecule has 2 aliphatic rings. The van der Waals surface area contributed by atoms with E-state index in [-0.39, 0.29) is 18.9 Å². The van der Waals surface area contributed by atoms with Crippen molar-refractivity contribution in [3.05, 3.63) is 12.2 Å². The quantitative estimate of drug-likeness (QED) is 0.0395. The number of allylic oxidation sites excluding steroid dienone is 1.